The van der Waals surface area contributed by atoms with Crippen molar-refractivity contribution < 1.29 is 5.11 Å². The normalized spacial score (nSPS) is 21.6. The van der Waals surface area contributed by atoms with Gasteiger partial charge in [0, 0.05) is 37.8 Å². The van der Waals surface area contributed by atoms with Crippen LogP contribution in [-0.4, -0.2) is 41.2 Å². The van der Waals surface area contributed by atoms with E-state index in [1.165, 1.54) is 11.3 Å². The van der Waals surface area contributed by atoms with E-state index in [1.807, 2.05) is 10.3 Å². The highest BCUT2D eigenvalue weighted by molar-refractivity contribution is 7.09. The third kappa shape index (κ3) is 2.05. The Balaban J connectivity index is 1.99. The van der Waals surface area contributed by atoms with Crippen LogP contribution in [-0.2, 0) is 0 Å². The number of hydrogen-bond acceptors (Lipinski definition) is 5. The first kappa shape index (κ1) is 9.08. The molecule has 0 aromatic carbocycles. The molecule has 1 aliphatic rings. The average Bonchev–Trinajstić information content (AvgIpc) is 2.71. The van der Waals surface area contributed by atoms with Crippen molar-refractivity contribution in [1.29, 1.82) is 0 Å². The molecule has 5 heteroatoms. The van der Waals surface area contributed by atoms with Crippen molar-refractivity contribution in [2.24, 2.45) is 0 Å². The zero-order chi connectivity index (χ0) is 9.10. The summed E-state index contributed by atoms with van der Waals surface area (Å²) >= 11 is 1.50. The molecule has 1 aliphatic heterocycles. The van der Waals surface area contributed by atoms with Gasteiger partial charge in [-0.05, 0) is 0 Å². The second-order valence-corrected chi connectivity index (χ2v) is 3.96. The topological polar surface area (TPSA) is 48.4 Å². The molecule has 2 N–H and O–H groups in total. The molecule has 2 heterocycles. The Morgan fingerprint density at radius 1 is 1.54 bits per heavy atom. The van der Waals surface area contributed by atoms with Crippen LogP contribution in [0.3, 0.4) is 0 Å². The molecule has 1 aromatic rings. The van der Waals surface area contributed by atoms with Gasteiger partial charge < -0.3 is 10.4 Å². The second kappa shape index (κ2) is 4.15. The molecule has 0 saturated carbocycles. The fourth-order valence-corrected chi connectivity index (χ4v) is 2.10. The van der Waals surface area contributed by atoms with Gasteiger partial charge in [0.2, 0.25) is 0 Å². The Bertz CT molecular complexity index is 246. The number of nitrogens with one attached hydrogen (secondary N) is 1. The highest BCUT2D eigenvalue weighted by atomic mass is 32.1. The van der Waals surface area contributed by atoms with E-state index in [4.69, 9.17) is 0 Å². The number of piperazine rings is 1. The lowest BCUT2D eigenvalue weighted by Gasteiger charge is -2.30. The molecule has 0 radical (unpaired) electrons. The SMILES string of the molecule is OC(c1nccs1)N1CCNCC1. The van der Waals surface area contributed by atoms with Gasteiger partial charge in [-0.1, -0.05) is 0 Å². The van der Waals surface area contributed by atoms with Crippen molar-refractivity contribution in [3.05, 3.63) is 16.6 Å². The minimum atomic E-state index is -0.512. The summed E-state index contributed by atoms with van der Waals surface area (Å²) in [5, 5.41) is 15.8. The fourth-order valence-electron chi connectivity index (χ4n) is 1.44. The van der Waals surface area contributed by atoms with E-state index in [0.29, 0.717) is 0 Å². The van der Waals surface area contributed by atoms with Crippen LogP contribution >= 0.6 is 11.3 Å². The lowest BCUT2D eigenvalue weighted by molar-refractivity contribution is -0.00558. The maximum Gasteiger partial charge on any atom is 0.160 e. The van der Waals surface area contributed by atoms with E-state index in [9.17, 15) is 5.11 Å². The predicted molar refractivity (Wildman–Crippen MR) is 51.5 cm³/mol. The van der Waals surface area contributed by atoms with E-state index < -0.39 is 6.23 Å². The van der Waals surface area contributed by atoms with Crippen LogP contribution < -0.4 is 5.32 Å². The van der Waals surface area contributed by atoms with Crippen LogP contribution in [0.1, 0.15) is 11.2 Å². The van der Waals surface area contributed by atoms with Crippen molar-refractivity contribution in [3.8, 4) is 0 Å². The Morgan fingerprint density at radius 3 is 2.92 bits per heavy atom. The summed E-state index contributed by atoms with van der Waals surface area (Å²) in [4.78, 5) is 6.13. The summed E-state index contributed by atoms with van der Waals surface area (Å²) in [5.41, 5.74) is 0. The molecule has 2 rings (SSSR count). The molecule has 0 bridgehead atoms. The minimum absolute atomic E-state index is 0.512. The van der Waals surface area contributed by atoms with Gasteiger partial charge in [0.25, 0.3) is 0 Å². The fraction of sp³-hybridized carbons (Fsp3) is 0.625. The van der Waals surface area contributed by atoms with Crippen molar-refractivity contribution in [2.45, 2.75) is 6.23 Å². The maximum atomic E-state index is 9.88. The van der Waals surface area contributed by atoms with E-state index in [-0.39, 0.29) is 0 Å². The molecule has 4 nitrogen and oxygen atoms in total. The van der Waals surface area contributed by atoms with Crippen LogP contribution in [0.2, 0.25) is 0 Å². The summed E-state index contributed by atoms with van der Waals surface area (Å²) in [5.74, 6) is 0. The first-order chi connectivity index (χ1) is 6.38. The first-order valence-electron chi connectivity index (χ1n) is 4.40. The average molecular weight is 199 g/mol. The van der Waals surface area contributed by atoms with Crippen molar-refractivity contribution >= 4 is 11.3 Å². The van der Waals surface area contributed by atoms with E-state index in [2.05, 4.69) is 10.3 Å². The summed E-state index contributed by atoms with van der Waals surface area (Å²) in [6.07, 6.45) is 1.22. The summed E-state index contributed by atoms with van der Waals surface area (Å²) in [6.45, 7) is 3.67. The molecule has 0 spiro atoms. The molecule has 1 saturated heterocycles. The molecular formula is C8H13N3OS. The zero-order valence-electron chi connectivity index (χ0n) is 7.31. The Hall–Kier alpha value is -0.490. The molecule has 1 aromatic heterocycles. The summed E-state index contributed by atoms with van der Waals surface area (Å²) in [6, 6.07) is 0. The number of nitrogens with zero attached hydrogens (tertiary/aromatic N) is 2. The molecule has 1 unspecified atom stereocenters. The number of hydrogen-bond donors (Lipinski definition) is 2. The second-order valence-electron chi connectivity index (χ2n) is 3.03. The van der Waals surface area contributed by atoms with E-state index >= 15 is 0 Å². The van der Waals surface area contributed by atoms with Crippen molar-refractivity contribution in [2.75, 3.05) is 26.2 Å². The Morgan fingerprint density at radius 2 is 2.31 bits per heavy atom. The lowest BCUT2D eigenvalue weighted by Crippen LogP contribution is -2.45. The van der Waals surface area contributed by atoms with Gasteiger partial charge in [-0.25, -0.2) is 4.98 Å². The van der Waals surface area contributed by atoms with Gasteiger partial charge in [0.15, 0.2) is 6.23 Å². The van der Waals surface area contributed by atoms with Crippen LogP contribution in [0, 0.1) is 0 Å². The number of thiazole rings is 1. The number of aliphatic hydroxyl groups excluding tert-OH is 1. The van der Waals surface area contributed by atoms with Crippen LogP contribution in [0.25, 0.3) is 0 Å². The zero-order valence-corrected chi connectivity index (χ0v) is 8.13. The number of aliphatic hydroxyl groups is 1. The molecule has 0 aliphatic carbocycles. The smallest absolute Gasteiger partial charge is 0.160 e. The summed E-state index contributed by atoms with van der Waals surface area (Å²) in [7, 11) is 0. The Kier molecular flexibility index (Phi) is 2.90. The van der Waals surface area contributed by atoms with Gasteiger partial charge in [0.05, 0.1) is 0 Å². The number of aromatic nitrogens is 1. The molecule has 1 fully saturated rings. The van der Waals surface area contributed by atoms with Crippen LogP contribution in [0.15, 0.2) is 11.6 Å². The largest absolute Gasteiger partial charge is 0.372 e. The minimum Gasteiger partial charge on any atom is -0.372 e. The summed E-state index contributed by atoms with van der Waals surface area (Å²) < 4.78 is 0. The highest BCUT2D eigenvalue weighted by Gasteiger charge is 2.20. The third-order valence-electron chi connectivity index (χ3n) is 2.17. The van der Waals surface area contributed by atoms with Crippen molar-refractivity contribution in [1.82, 2.24) is 15.2 Å². The quantitative estimate of drug-likeness (QED) is 0.706. The van der Waals surface area contributed by atoms with E-state index in [1.54, 1.807) is 6.20 Å². The Labute approximate surface area is 81.2 Å². The molecular weight excluding hydrogens is 186 g/mol. The van der Waals surface area contributed by atoms with Gasteiger partial charge in [-0.2, -0.15) is 0 Å². The highest BCUT2D eigenvalue weighted by Crippen LogP contribution is 2.19. The van der Waals surface area contributed by atoms with Crippen LogP contribution in [0.5, 0.6) is 0 Å². The van der Waals surface area contributed by atoms with Gasteiger partial charge >= 0.3 is 0 Å². The van der Waals surface area contributed by atoms with Crippen LogP contribution in [0.4, 0.5) is 0 Å². The predicted octanol–water partition coefficient (Wildman–Crippen LogP) is 0.0392. The molecule has 0 amide bonds. The van der Waals surface area contributed by atoms with E-state index in [0.717, 1.165) is 31.2 Å². The maximum absolute atomic E-state index is 9.88. The first-order valence-corrected chi connectivity index (χ1v) is 5.28. The van der Waals surface area contributed by atoms with Crippen molar-refractivity contribution in [3.63, 3.8) is 0 Å². The lowest BCUT2D eigenvalue weighted by atomic mass is 10.3. The standard InChI is InChI=1S/C8H13N3OS/c12-8(7-10-3-6-13-7)11-4-1-9-2-5-11/h3,6,8-9,12H,1-2,4-5H2. The third-order valence-corrected chi connectivity index (χ3v) is 2.99. The molecule has 1 atom stereocenters. The molecule has 13 heavy (non-hydrogen) atoms. The van der Waals surface area contributed by atoms with Gasteiger partial charge in [-0.3, -0.25) is 4.90 Å². The monoisotopic (exact) mass is 199 g/mol. The number of rotatable bonds is 2. The molecule has 72 valence electrons. The van der Waals surface area contributed by atoms with Gasteiger partial charge in [0.1, 0.15) is 5.01 Å². The van der Waals surface area contributed by atoms with Gasteiger partial charge in [-0.15, -0.1) is 11.3 Å².